The highest BCUT2D eigenvalue weighted by Gasteiger charge is 2.51. The highest BCUT2D eigenvalue weighted by atomic mass is 15.0. The lowest BCUT2D eigenvalue weighted by molar-refractivity contribution is 0.637. The zero-order valence-electron chi connectivity index (χ0n) is 37.9. The summed E-state index contributed by atoms with van der Waals surface area (Å²) in [5, 5.41) is 0. The molecule has 10 aromatic rings. The minimum atomic E-state index is -0.502. The maximum Gasteiger partial charge on any atom is 0.164 e. The van der Waals surface area contributed by atoms with E-state index in [-0.39, 0.29) is 5.41 Å². The molecule has 320 valence electrons. The van der Waals surface area contributed by atoms with Crippen LogP contribution < -0.4 is 0 Å². The van der Waals surface area contributed by atoms with Crippen molar-refractivity contribution in [1.82, 2.24) is 15.0 Å². The molecule has 1 heterocycles. The minimum Gasteiger partial charge on any atom is -0.208 e. The van der Waals surface area contributed by atoms with Gasteiger partial charge in [-0.15, -0.1) is 0 Å². The highest BCUT2D eigenvalue weighted by molar-refractivity contribution is 5.96. The Hall–Kier alpha value is -8.53. The van der Waals surface area contributed by atoms with Crippen molar-refractivity contribution in [3.8, 4) is 89.8 Å². The maximum absolute atomic E-state index is 5.51. The fourth-order valence-corrected chi connectivity index (χ4v) is 11.1. The molecule has 0 radical (unpaired) electrons. The molecule has 3 aliphatic rings. The van der Waals surface area contributed by atoms with Gasteiger partial charge in [0.15, 0.2) is 17.5 Å². The largest absolute Gasteiger partial charge is 0.208 e. The van der Waals surface area contributed by atoms with Crippen LogP contribution in [0.4, 0.5) is 0 Å². The first kappa shape index (κ1) is 39.8. The molecule has 0 aliphatic heterocycles. The van der Waals surface area contributed by atoms with Gasteiger partial charge in [-0.1, -0.05) is 208 Å². The normalized spacial score (nSPS) is 14.3. The molecule has 9 aromatic carbocycles. The van der Waals surface area contributed by atoms with E-state index in [1.807, 2.05) is 0 Å². The average molecular weight is 868 g/mol. The van der Waals surface area contributed by atoms with Gasteiger partial charge in [-0.05, 0) is 131 Å². The standard InChI is InChI=1S/C65H45N3/c1-64(2)33-32-46(41-64)50-35-49(44-22-10-5-11-23-44)38-52(39-50)63-67-61(66-62(68-63)51-36-47(42-18-6-3-7-19-42)34-48(37-51)43-20-8-4-9-21-43)45-30-31-56-55-26-14-17-29-59(55)65(60(56)40-45)57-27-15-12-24-53(57)54-25-13-16-28-58(54)65/h3-41H,1-2H3. The van der Waals surface area contributed by atoms with Crippen LogP contribution in [0.2, 0.25) is 0 Å². The summed E-state index contributed by atoms with van der Waals surface area (Å²) < 4.78 is 0. The average Bonchev–Trinajstić information content (AvgIpc) is 4.03. The van der Waals surface area contributed by atoms with Crippen LogP contribution in [0.1, 0.15) is 41.7 Å². The summed E-state index contributed by atoms with van der Waals surface area (Å²) >= 11 is 0. The Morgan fingerprint density at radius 2 is 0.662 bits per heavy atom. The summed E-state index contributed by atoms with van der Waals surface area (Å²) in [6.07, 6.45) is 6.87. The summed E-state index contributed by atoms with van der Waals surface area (Å²) in [7, 11) is 0. The van der Waals surface area contributed by atoms with E-state index in [1.54, 1.807) is 0 Å². The Morgan fingerprint density at radius 3 is 1.10 bits per heavy atom. The number of benzene rings is 9. The molecule has 68 heavy (non-hydrogen) atoms. The zero-order chi connectivity index (χ0) is 45.4. The summed E-state index contributed by atoms with van der Waals surface area (Å²) in [4.78, 5) is 16.5. The predicted molar refractivity (Wildman–Crippen MR) is 280 cm³/mol. The van der Waals surface area contributed by atoms with Crippen molar-refractivity contribution in [2.75, 3.05) is 0 Å². The molecule has 1 spiro atoms. The van der Waals surface area contributed by atoms with Crippen LogP contribution in [0.25, 0.3) is 95.4 Å². The minimum absolute atomic E-state index is 0.0447. The third-order valence-electron chi connectivity index (χ3n) is 14.1. The summed E-state index contributed by atoms with van der Waals surface area (Å²) in [6, 6.07) is 79.0. The molecule has 0 saturated carbocycles. The Kier molecular flexibility index (Phi) is 9.10. The molecular weight excluding hydrogens is 823 g/mol. The molecule has 0 amide bonds. The quantitative estimate of drug-likeness (QED) is 0.160. The molecule has 0 bridgehead atoms. The van der Waals surface area contributed by atoms with E-state index in [0.717, 1.165) is 55.6 Å². The molecule has 13 rings (SSSR count). The topological polar surface area (TPSA) is 38.7 Å². The van der Waals surface area contributed by atoms with Crippen molar-refractivity contribution < 1.29 is 0 Å². The monoisotopic (exact) mass is 867 g/mol. The van der Waals surface area contributed by atoms with Gasteiger partial charge in [0.05, 0.1) is 5.41 Å². The summed E-state index contributed by atoms with van der Waals surface area (Å²) in [5.41, 5.74) is 21.4. The number of allylic oxidation sites excluding steroid dienone is 4. The lowest BCUT2D eigenvalue weighted by atomic mass is 9.70. The zero-order valence-corrected chi connectivity index (χ0v) is 37.9. The van der Waals surface area contributed by atoms with Gasteiger partial charge in [0.1, 0.15) is 0 Å². The number of aromatic nitrogens is 3. The van der Waals surface area contributed by atoms with Crippen molar-refractivity contribution >= 4 is 5.57 Å². The highest BCUT2D eigenvalue weighted by Crippen LogP contribution is 2.63. The summed E-state index contributed by atoms with van der Waals surface area (Å²) in [5.74, 6) is 1.85. The van der Waals surface area contributed by atoms with Crippen LogP contribution in [-0.2, 0) is 5.41 Å². The fraction of sp³-hybridized carbons (Fsp3) is 0.0615. The predicted octanol–water partition coefficient (Wildman–Crippen LogP) is 16.2. The molecule has 0 unspecified atom stereocenters. The third-order valence-corrected chi connectivity index (χ3v) is 14.1. The van der Waals surface area contributed by atoms with Crippen molar-refractivity contribution in [3.63, 3.8) is 0 Å². The van der Waals surface area contributed by atoms with E-state index < -0.39 is 5.41 Å². The first-order chi connectivity index (χ1) is 33.4. The van der Waals surface area contributed by atoms with Crippen LogP contribution in [0.15, 0.2) is 237 Å². The van der Waals surface area contributed by atoms with Gasteiger partial charge in [-0.25, -0.2) is 15.0 Å². The number of hydrogen-bond acceptors (Lipinski definition) is 3. The van der Waals surface area contributed by atoms with E-state index in [2.05, 4.69) is 250 Å². The van der Waals surface area contributed by atoms with Gasteiger partial charge in [-0.3, -0.25) is 0 Å². The van der Waals surface area contributed by atoms with Gasteiger partial charge < -0.3 is 0 Å². The van der Waals surface area contributed by atoms with Crippen molar-refractivity contribution in [2.45, 2.75) is 19.3 Å². The summed E-state index contributed by atoms with van der Waals surface area (Å²) in [6.45, 7) is 4.50. The second kappa shape index (κ2) is 15.5. The Labute approximate surface area is 397 Å². The number of rotatable bonds is 7. The Bertz CT molecular complexity index is 3570. The molecule has 1 aromatic heterocycles. The Balaban J connectivity index is 1.07. The van der Waals surface area contributed by atoms with Crippen molar-refractivity contribution in [1.29, 1.82) is 0 Å². The molecule has 0 saturated heterocycles. The van der Waals surface area contributed by atoms with E-state index in [4.69, 9.17) is 15.0 Å². The fourth-order valence-electron chi connectivity index (χ4n) is 11.1. The SMILES string of the molecule is CC1(C)C=CC(c2cc(-c3ccccc3)cc(-c3nc(-c4cc(-c5ccccc5)cc(-c5ccccc5)c4)nc(-c4ccc5c(c4)C4(c6ccccc6-c6ccccc64)c4ccccc4-5)n3)c2)=C1. The number of fused-ring (bicyclic) bond motifs is 10. The number of hydrogen-bond donors (Lipinski definition) is 0. The Morgan fingerprint density at radius 1 is 0.294 bits per heavy atom. The second-order valence-corrected chi connectivity index (χ2v) is 18.9. The van der Waals surface area contributed by atoms with Crippen LogP contribution in [0.5, 0.6) is 0 Å². The van der Waals surface area contributed by atoms with E-state index in [0.29, 0.717) is 17.5 Å². The lowest BCUT2D eigenvalue weighted by Gasteiger charge is -2.30. The molecular formula is C65H45N3. The van der Waals surface area contributed by atoms with Crippen LogP contribution in [0, 0.1) is 5.41 Å². The molecule has 3 nitrogen and oxygen atoms in total. The van der Waals surface area contributed by atoms with E-state index in [9.17, 15) is 0 Å². The molecule has 0 N–H and O–H groups in total. The van der Waals surface area contributed by atoms with Crippen LogP contribution >= 0.6 is 0 Å². The van der Waals surface area contributed by atoms with E-state index >= 15 is 0 Å². The second-order valence-electron chi connectivity index (χ2n) is 18.9. The van der Waals surface area contributed by atoms with Crippen molar-refractivity contribution in [2.24, 2.45) is 5.41 Å². The van der Waals surface area contributed by atoms with Gasteiger partial charge in [0.25, 0.3) is 0 Å². The van der Waals surface area contributed by atoms with E-state index in [1.165, 1.54) is 50.1 Å². The molecule has 0 atom stereocenters. The van der Waals surface area contributed by atoms with Gasteiger partial charge in [0, 0.05) is 22.1 Å². The van der Waals surface area contributed by atoms with Gasteiger partial charge >= 0.3 is 0 Å². The van der Waals surface area contributed by atoms with Gasteiger partial charge in [-0.2, -0.15) is 0 Å². The smallest absolute Gasteiger partial charge is 0.164 e. The maximum atomic E-state index is 5.51. The van der Waals surface area contributed by atoms with Crippen LogP contribution in [0.3, 0.4) is 0 Å². The third kappa shape index (κ3) is 6.46. The first-order valence-electron chi connectivity index (χ1n) is 23.5. The van der Waals surface area contributed by atoms with Crippen molar-refractivity contribution in [3.05, 3.63) is 264 Å². The molecule has 0 fully saturated rings. The first-order valence-corrected chi connectivity index (χ1v) is 23.5. The van der Waals surface area contributed by atoms with Gasteiger partial charge in [0.2, 0.25) is 0 Å². The molecule has 3 aliphatic carbocycles. The lowest BCUT2D eigenvalue weighted by Crippen LogP contribution is -2.25. The van der Waals surface area contributed by atoms with Crippen LogP contribution in [-0.4, -0.2) is 15.0 Å². The molecule has 3 heteroatoms. The number of nitrogens with zero attached hydrogens (tertiary/aromatic N) is 3.